The van der Waals surface area contributed by atoms with E-state index >= 15 is 0 Å². The molecule has 0 aliphatic carbocycles. The third-order valence-electron chi connectivity index (χ3n) is 1.82. The second kappa shape index (κ2) is 3.63. The fourth-order valence-corrected chi connectivity index (χ4v) is 1.06. The normalized spacial score (nSPS) is 49.2. The Balaban J connectivity index is 2.63. The third-order valence-corrected chi connectivity index (χ3v) is 1.82. The molecule has 0 aromatic heterocycles. The molecule has 3 unspecified atom stereocenters. The summed E-state index contributed by atoms with van der Waals surface area (Å²) in [5, 5.41) is 35.2. The maximum atomic E-state index is 12.9. The Labute approximate surface area is 68.0 Å². The van der Waals surface area contributed by atoms with E-state index in [1.807, 2.05) is 0 Å². The number of ether oxygens (including phenoxy) is 1. The van der Waals surface area contributed by atoms with Gasteiger partial charge in [-0.25, -0.2) is 4.39 Å². The van der Waals surface area contributed by atoms with E-state index in [0.29, 0.717) is 0 Å². The molecule has 0 amide bonds. The van der Waals surface area contributed by atoms with Crippen LogP contribution in [0.15, 0.2) is 0 Å². The zero-order valence-corrected chi connectivity index (χ0v) is 6.17. The van der Waals surface area contributed by atoms with Crippen molar-refractivity contribution in [3.8, 4) is 0 Å². The largest absolute Gasteiger partial charge is 0.394 e. The van der Waals surface area contributed by atoms with E-state index in [0.717, 1.165) is 0 Å². The SMILES string of the molecule is OCC1OC(O)C(O)[C@@H](O)[C@H]1F. The minimum Gasteiger partial charge on any atom is -0.394 e. The molecule has 0 saturated carbocycles. The van der Waals surface area contributed by atoms with Crippen molar-refractivity contribution in [3.05, 3.63) is 0 Å². The van der Waals surface area contributed by atoms with Crippen molar-refractivity contribution in [1.29, 1.82) is 0 Å². The summed E-state index contributed by atoms with van der Waals surface area (Å²) in [6.45, 7) is -0.651. The van der Waals surface area contributed by atoms with Crippen molar-refractivity contribution in [3.63, 3.8) is 0 Å². The van der Waals surface area contributed by atoms with Gasteiger partial charge in [0.1, 0.15) is 18.3 Å². The van der Waals surface area contributed by atoms with E-state index in [-0.39, 0.29) is 0 Å². The van der Waals surface area contributed by atoms with Crippen LogP contribution in [0.5, 0.6) is 0 Å². The summed E-state index contributed by atoms with van der Waals surface area (Å²) >= 11 is 0. The quantitative estimate of drug-likeness (QED) is 0.368. The number of aliphatic hydroxyl groups is 4. The molecule has 0 bridgehead atoms. The van der Waals surface area contributed by atoms with Crippen LogP contribution in [0, 0.1) is 0 Å². The number of halogens is 1. The molecule has 1 rings (SSSR count). The molecule has 1 aliphatic rings. The summed E-state index contributed by atoms with van der Waals surface area (Å²) in [6, 6.07) is 0. The van der Waals surface area contributed by atoms with Crippen LogP contribution >= 0.6 is 0 Å². The number of alkyl halides is 1. The lowest BCUT2D eigenvalue weighted by molar-refractivity contribution is -0.274. The maximum Gasteiger partial charge on any atom is 0.184 e. The van der Waals surface area contributed by atoms with Gasteiger partial charge in [-0.2, -0.15) is 0 Å². The highest BCUT2D eigenvalue weighted by molar-refractivity contribution is 4.88. The average molecular weight is 182 g/mol. The number of hydrogen-bond acceptors (Lipinski definition) is 5. The standard InChI is InChI=1S/C6H11FO5/c7-3-2(1-8)12-6(11)5(10)4(3)9/h2-6,8-11H,1H2/t2?,3-,4-,5?,6?/m0/s1. The lowest BCUT2D eigenvalue weighted by Gasteiger charge is -2.36. The van der Waals surface area contributed by atoms with Crippen LogP contribution in [0.3, 0.4) is 0 Å². The molecular weight excluding hydrogens is 171 g/mol. The van der Waals surface area contributed by atoms with Crippen LogP contribution < -0.4 is 0 Å². The van der Waals surface area contributed by atoms with Crippen LogP contribution in [-0.2, 0) is 4.74 Å². The highest BCUT2D eigenvalue weighted by atomic mass is 19.1. The molecule has 0 radical (unpaired) electrons. The van der Waals surface area contributed by atoms with Crippen LogP contribution in [0.2, 0.25) is 0 Å². The lowest BCUT2D eigenvalue weighted by atomic mass is 10.0. The first-order valence-electron chi connectivity index (χ1n) is 3.52. The van der Waals surface area contributed by atoms with E-state index < -0.39 is 37.4 Å². The summed E-state index contributed by atoms with van der Waals surface area (Å²) in [5.41, 5.74) is 0. The Morgan fingerprint density at radius 3 is 2.25 bits per heavy atom. The molecule has 72 valence electrons. The van der Waals surface area contributed by atoms with Gasteiger partial charge in [0.15, 0.2) is 12.5 Å². The van der Waals surface area contributed by atoms with Crippen molar-refractivity contribution in [2.24, 2.45) is 0 Å². The predicted molar refractivity (Wildman–Crippen MR) is 34.9 cm³/mol. The summed E-state index contributed by atoms with van der Waals surface area (Å²) < 4.78 is 17.3. The molecule has 1 saturated heterocycles. The first-order valence-corrected chi connectivity index (χ1v) is 3.52. The monoisotopic (exact) mass is 182 g/mol. The maximum absolute atomic E-state index is 12.9. The summed E-state index contributed by atoms with van der Waals surface area (Å²) in [7, 11) is 0. The Morgan fingerprint density at radius 1 is 1.17 bits per heavy atom. The molecule has 4 N–H and O–H groups in total. The average Bonchev–Trinajstić information content (AvgIpc) is 2.08. The van der Waals surface area contributed by atoms with Gasteiger partial charge in [0, 0.05) is 0 Å². The first-order chi connectivity index (χ1) is 5.57. The lowest BCUT2D eigenvalue weighted by Crippen LogP contribution is -2.56. The molecule has 0 aromatic rings. The molecule has 0 spiro atoms. The molecular formula is C6H11FO5. The van der Waals surface area contributed by atoms with Crippen molar-refractivity contribution >= 4 is 0 Å². The van der Waals surface area contributed by atoms with Crippen molar-refractivity contribution in [2.45, 2.75) is 30.8 Å². The van der Waals surface area contributed by atoms with Gasteiger partial charge in [0.2, 0.25) is 0 Å². The zero-order valence-electron chi connectivity index (χ0n) is 6.17. The van der Waals surface area contributed by atoms with E-state index in [9.17, 15) is 4.39 Å². The Bertz CT molecular complexity index is 150. The van der Waals surface area contributed by atoms with E-state index in [2.05, 4.69) is 4.74 Å². The zero-order chi connectivity index (χ0) is 9.30. The Kier molecular flexibility index (Phi) is 2.97. The minimum atomic E-state index is -1.88. The smallest absolute Gasteiger partial charge is 0.184 e. The Morgan fingerprint density at radius 2 is 1.75 bits per heavy atom. The van der Waals surface area contributed by atoms with Gasteiger partial charge >= 0.3 is 0 Å². The van der Waals surface area contributed by atoms with Crippen molar-refractivity contribution < 1.29 is 29.6 Å². The van der Waals surface area contributed by atoms with Crippen LogP contribution in [-0.4, -0.2) is 57.8 Å². The number of aliphatic hydroxyl groups excluding tert-OH is 4. The number of rotatable bonds is 1. The molecule has 0 aromatic carbocycles. The summed E-state index contributed by atoms with van der Waals surface area (Å²) in [6.07, 6.45) is -8.19. The third kappa shape index (κ3) is 1.57. The van der Waals surface area contributed by atoms with Gasteiger partial charge < -0.3 is 25.2 Å². The van der Waals surface area contributed by atoms with Gasteiger partial charge in [-0.3, -0.25) is 0 Å². The van der Waals surface area contributed by atoms with Gasteiger partial charge in [-0.15, -0.1) is 0 Å². The molecule has 6 heteroatoms. The second-order valence-electron chi connectivity index (χ2n) is 2.67. The minimum absolute atomic E-state index is 0.651. The van der Waals surface area contributed by atoms with Gasteiger partial charge in [-0.1, -0.05) is 0 Å². The van der Waals surface area contributed by atoms with Crippen molar-refractivity contribution in [2.75, 3.05) is 6.61 Å². The molecule has 12 heavy (non-hydrogen) atoms. The van der Waals surface area contributed by atoms with E-state index in [1.54, 1.807) is 0 Å². The van der Waals surface area contributed by atoms with Gasteiger partial charge in [-0.05, 0) is 0 Å². The Hall–Kier alpha value is -0.270. The molecule has 5 atom stereocenters. The van der Waals surface area contributed by atoms with E-state index in [4.69, 9.17) is 20.4 Å². The van der Waals surface area contributed by atoms with Crippen molar-refractivity contribution in [1.82, 2.24) is 0 Å². The highest BCUT2D eigenvalue weighted by Gasteiger charge is 2.43. The van der Waals surface area contributed by atoms with Gasteiger partial charge in [0.25, 0.3) is 0 Å². The van der Waals surface area contributed by atoms with Crippen LogP contribution in [0.25, 0.3) is 0 Å². The fourth-order valence-electron chi connectivity index (χ4n) is 1.06. The number of hydrogen-bond donors (Lipinski definition) is 4. The van der Waals surface area contributed by atoms with E-state index in [1.165, 1.54) is 0 Å². The molecule has 5 nitrogen and oxygen atoms in total. The molecule has 1 aliphatic heterocycles. The second-order valence-corrected chi connectivity index (χ2v) is 2.67. The first kappa shape index (κ1) is 9.82. The molecule has 1 heterocycles. The van der Waals surface area contributed by atoms with Crippen LogP contribution in [0.4, 0.5) is 4.39 Å². The fraction of sp³-hybridized carbons (Fsp3) is 1.00. The highest BCUT2D eigenvalue weighted by Crippen LogP contribution is 2.21. The summed E-state index contributed by atoms with van der Waals surface area (Å²) in [5.74, 6) is 0. The van der Waals surface area contributed by atoms with Crippen LogP contribution in [0.1, 0.15) is 0 Å². The predicted octanol–water partition coefficient (Wildman–Crippen LogP) is -2.24. The summed E-state index contributed by atoms with van der Waals surface area (Å²) in [4.78, 5) is 0. The molecule has 1 fully saturated rings. The topological polar surface area (TPSA) is 90.2 Å². The van der Waals surface area contributed by atoms with Gasteiger partial charge in [0.05, 0.1) is 6.61 Å².